The van der Waals surface area contributed by atoms with E-state index in [4.69, 9.17) is 11.6 Å². The first kappa shape index (κ1) is 13.8. The number of hydrogen-bond acceptors (Lipinski definition) is 2. The lowest BCUT2D eigenvalue weighted by atomic mass is 10.1. The molecule has 2 nitrogen and oxygen atoms in total. The molecule has 1 aromatic carbocycles. The first-order chi connectivity index (χ1) is 9.20. The number of alkyl halides is 1. The van der Waals surface area contributed by atoms with E-state index in [9.17, 15) is 4.39 Å². The average Bonchev–Trinajstić information content (AvgIpc) is 2.45. The number of aromatic nitrogens is 1. The second-order valence-corrected chi connectivity index (χ2v) is 4.71. The molecule has 2 rings (SSSR count). The van der Waals surface area contributed by atoms with Gasteiger partial charge in [0.15, 0.2) is 0 Å². The first-order valence-corrected chi connectivity index (χ1v) is 6.68. The molecule has 0 aliphatic heterocycles. The smallest absolute Gasteiger partial charge is 0.146 e. The minimum atomic E-state index is -0.227. The standard InChI is InChI=1S/C15H16ClFN2/c1-19(9-6-12-4-7-18-8-5-12)15-3-2-13(11-16)10-14(15)17/h2-5,7-8,10H,6,9,11H2,1H3. The molecule has 19 heavy (non-hydrogen) atoms. The molecule has 0 bridgehead atoms. The van der Waals surface area contributed by atoms with Gasteiger partial charge in [-0.3, -0.25) is 4.98 Å². The summed E-state index contributed by atoms with van der Waals surface area (Å²) in [7, 11) is 1.89. The zero-order valence-corrected chi connectivity index (χ0v) is 11.6. The van der Waals surface area contributed by atoms with Crippen LogP contribution in [0.5, 0.6) is 0 Å². The van der Waals surface area contributed by atoms with Gasteiger partial charge < -0.3 is 4.90 Å². The van der Waals surface area contributed by atoms with Crippen molar-refractivity contribution in [1.29, 1.82) is 0 Å². The molecule has 0 amide bonds. The Balaban J connectivity index is 2.02. The third-order valence-electron chi connectivity index (χ3n) is 3.06. The van der Waals surface area contributed by atoms with Crippen molar-refractivity contribution in [2.24, 2.45) is 0 Å². The van der Waals surface area contributed by atoms with Gasteiger partial charge >= 0.3 is 0 Å². The lowest BCUT2D eigenvalue weighted by molar-refractivity contribution is 0.621. The minimum Gasteiger partial charge on any atom is -0.372 e. The molecule has 4 heteroatoms. The summed E-state index contributed by atoms with van der Waals surface area (Å²) in [6, 6.07) is 9.07. The van der Waals surface area contributed by atoms with Gasteiger partial charge in [0, 0.05) is 31.9 Å². The molecule has 0 aliphatic carbocycles. The maximum atomic E-state index is 13.9. The molecule has 0 saturated carbocycles. The Morgan fingerprint density at radius 3 is 2.53 bits per heavy atom. The van der Waals surface area contributed by atoms with E-state index in [1.54, 1.807) is 18.5 Å². The quantitative estimate of drug-likeness (QED) is 0.777. The molecule has 0 saturated heterocycles. The van der Waals surface area contributed by atoms with Gasteiger partial charge in [0.1, 0.15) is 5.82 Å². The monoisotopic (exact) mass is 278 g/mol. The summed E-state index contributed by atoms with van der Waals surface area (Å²) >= 11 is 5.69. The number of rotatable bonds is 5. The number of hydrogen-bond donors (Lipinski definition) is 0. The summed E-state index contributed by atoms with van der Waals surface area (Å²) in [6.45, 7) is 0.751. The fourth-order valence-corrected chi connectivity index (χ4v) is 2.08. The molecule has 0 N–H and O–H groups in total. The van der Waals surface area contributed by atoms with Crippen LogP contribution in [0.4, 0.5) is 10.1 Å². The van der Waals surface area contributed by atoms with Crippen LogP contribution < -0.4 is 4.90 Å². The largest absolute Gasteiger partial charge is 0.372 e. The number of pyridine rings is 1. The zero-order chi connectivity index (χ0) is 13.7. The predicted octanol–water partition coefficient (Wildman–Crippen LogP) is 3.64. The van der Waals surface area contributed by atoms with Gasteiger partial charge in [-0.1, -0.05) is 6.07 Å². The number of nitrogens with zero attached hydrogens (tertiary/aromatic N) is 2. The van der Waals surface area contributed by atoms with Crippen LogP contribution in [0, 0.1) is 5.82 Å². The van der Waals surface area contributed by atoms with Gasteiger partial charge in [-0.05, 0) is 41.8 Å². The zero-order valence-electron chi connectivity index (χ0n) is 10.8. The van der Waals surface area contributed by atoms with Crippen molar-refractivity contribution < 1.29 is 4.39 Å². The molecule has 2 aromatic rings. The third-order valence-corrected chi connectivity index (χ3v) is 3.37. The van der Waals surface area contributed by atoms with Crippen molar-refractivity contribution in [2.75, 3.05) is 18.5 Å². The van der Waals surface area contributed by atoms with Gasteiger partial charge in [-0.25, -0.2) is 4.39 Å². The molecule has 100 valence electrons. The topological polar surface area (TPSA) is 16.1 Å². The molecule has 0 atom stereocenters. The Bertz CT molecular complexity index is 531. The van der Waals surface area contributed by atoms with Crippen LogP contribution >= 0.6 is 11.6 Å². The number of benzene rings is 1. The summed E-state index contributed by atoms with van der Waals surface area (Å²) in [5.41, 5.74) is 2.59. The normalized spacial score (nSPS) is 10.5. The highest BCUT2D eigenvalue weighted by Crippen LogP contribution is 2.20. The summed E-state index contributed by atoms with van der Waals surface area (Å²) in [4.78, 5) is 5.89. The van der Waals surface area contributed by atoms with Crippen molar-refractivity contribution >= 4 is 17.3 Å². The van der Waals surface area contributed by atoms with Crippen LogP contribution in [0.3, 0.4) is 0 Å². The second kappa shape index (κ2) is 6.53. The number of halogens is 2. The maximum absolute atomic E-state index is 13.9. The predicted molar refractivity (Wildman–Crippen MR) is 77.2 cm³/mol. The average molecular weight is 279 g/mol. The molecule has 1 aromatic heterocycles. The van der Waals surface area contributed by atoms with Crippen LogP contribution in [0.15, 0.2) is 42.7 Å². The lowest BCUT2D eigenvalue weighted by Gasteiger charge is -2.20. The van der Waals surface area contributed by atoms with Crippen LogP contribution in [-0.4, -0.2) is 18.6 Å². The lowest BCUT2D eigenvalue weighted by Crippen LogP contribution is -2.21. The van der Waals surface area contributed by atoms with E-state index < -0.39 is 0 Å². The van der Waals surface area contributed by atoms with Crippen LogP contribution in [0.25, 0.3) is 0 Å². The van der Waals surface area contributed by atoms with Gasteiger partial charge in [0.2, 0.25) is 0 Å². The molecular weight excluding hydrogens is 263 g/mol. The molecular formula is C15H16ClFN2. The fourth-order valence-electron chi connectivity index (χ4n) is 1.91. The Labute approximate surface area is 117 Å². The Hall–Kier alpha value is -1.61. The summed E-state index contributed by atoms with van der Waals surface area (Å²) < 4.78 is 13.9. The highest BCUT2D eigenvalue weighted by atomic mass is 35.5. The van der Waals surface area contributed by atoms with Crippen molar-refractivity contribution in [3.05, 3.63) is 59.7 Å². The van der Waals surface area contributed by atoms with Crippen molar-refractivity contribution in [3.8, 4) is 0 Å². The molecule has 0 spiro atoms. The van der Waals surface area contributed by atoms with Gasteiger partial charge in [0.25, 0.3) is 0 Å². The van der Waals surface area contributed by atoms with Crippen LogP contribution in [0.2, 0.25) is 0 Å². The Morgan fingerprint density at radius 2 is 1.89 bits per heavy atom. The highest BCUT2D eigenvalue weighted by molar-refractivity contribution is 6.17. The van der Waals surface area contributed by atoms with Crippen LogP contribution in [-0.2, 0) is 12.3 Å². The highest BCUT2D eigenvalue weighted by Gasteiger charge is 2.08. The number of likely N-dealkylation sites (N-methyl/N-ethyl adjacent to an activating group) is 1. The molecule has 1 heterocycles. The van der Waals surface area contributed by atoms with E-state index in [-0.39, 0.29) is 5.82 Å². The fraction of sp³-hybridized carbons (Fsp3) is 0.267. The van der Waals surface area contributed by atoms with Gasteiger partial charge in [-0.15, -0.1) is 11.6 Å². The molecule has 0 radical (unpaired) electrons. The van der Waals surface area contributed by atoms with Gasteiger partial charge in [-0.2, -0.15) is 0 Å². The van der Waals surface area contributed by atoms with E-state index in [0.717, 1.165) is 18.5 Å². The maximum Gasteiger partial charge on any atom is 0.146 e. The summed E-state index contributed by atoms with van der Waals surface area (Å²) in [5, 5.41) is 0. The van der Waals surface area contributed by atoms with E-state index in [2.05, 4.69) is 4.98 Å². The molecule has 0 fully saturated rings. The minimum absolute atomic E-state index is 0.227. The second-order valence-electron chi connectivity index (χ2n) is 4.45. The van der Waals surface area contributed by atoms with E-state index in [1.165, 1.54) is 11.6 Å². The molecule has 0 unspecified atom stereocenters. The van der Waals surface area contributed by atoms with Gasteiger partial charge in [0.05, 0.1) is 5.69 Å². The Morgan fingerprint density at radius 1 is 1.16 bits per heavy atom. The third kappa shape index (κ3) is 3.67. The van der Waals surface area contributed by atoms with E-state index in [1.807, 2.05) is 30.1 Å². The van der Waals surface area contributed by atoms with Crippen LogP contribution in [0.1, 0.15) is 11.1 Å². The van der Waals surface area contributed by atoms with E-state index in [0.29, 0.717) is 11.6 Å². The summed E-state index contributed by atoms with van der Waals surface area (Å²) in [5.74, 6) is 0.105. The molecule has 0 aliphatic rings. The Kier molecular flexibility index (Phi) is 4.74. The van der Waals surface area contributed by atoms with Crippen molar-refractivity contribution in [3.63, 3.8) is 0 Å². The SMILES string of the molecule is CN(CCc1ccncc1)c1ccc(CCl)cc1F. The van der Waals surface area contributed by atoms with E-state index >= 15 is 0 Å². The summed E-state index contributed by atoms with van der Waals surface area (Å²) in [6.07, 6.45) is 4.39. The first-order valence-electron chi connectivity index (χ1n) is 6.15. The van der Waals surface area contributed by atoms with Crippen molar-refractivity contribution in [1.82, 2.24) is 4.98 Å². The number of anilines is 1. The van der Waals surface area contributed by atoms with Crippen molar-refractivity contribution in [2.45, 2.75) is 12.3 Å².